The molecule has 2 aromatic heterocycles. The monoisotopic (exact) mass is 442 g/mol. The van der Waals surface area contributed by atoms with Crippen LogP contribution in [-0.4, -0.2) is 45.3 Å². The van der Waals surface area contributed by atoms with Crippen LogP contribution < -0.4 is 5.56 Å². The fourth-order valence-electron chi connectivity index (χ4n) is 4.94. The number of carbonyl (C=O) groups excluding carboxylic acids is 1. The highest BCUT2D eigenvalue weighted by atomic mass is 32.1. The molecule has 0 unspecified atom stereocenters. The van der Waals surface area contributed by atoms with Gasteiger partial charge in [-0.05, 0) is 49.6 Å². The van der Waals surface area contributed by atoms with Gasteiger partial charge in [-0.3, -0.25) is 14.5 Å². The number of hydrogen-bond donors (Lipinski definition) is 1. The Morgan fingerprint density at radius 2 is 2.00 bits per heavy atom. The zero-order valence-electron chi connectivity index (χ0n) is 18.9. The fraction of sp³-hybridized carbons (Fsp3) is 0.625. The first-order valence-electron chi connectivity index (χ1n) is 11.7. The predicted octanol–water partition coefficient (Wildman–Crippen LogP) is 3.84. The van der Waals surface area contributed by atoms with Gasteiger partial charge in [0.15, 0.2) is 0 Å². The number of aromatic nitrogens is 2. The van der Waals surface area contributed by atoms with Gasteiger partial charge in [0.25, 0.3) is 5.56 Å². The smallest absolute Gasteiger partial charge is 0.255 e. The lowest BCUT2D eigenvalue weighted by Crippen LogP contribution is -2.42. The third-order valence-corrected chi connectivity index (χ3v) is 7.80. The Kier molecular flexibility index (Phi) is 6.92. The van der Waals surface area contributed by atoms with Crippen LogP contribution in [0.2, 0.25) is 0 Å². The SMILES string of the molecule is CCC(CC)C(=O)N1CCC(c2nc3c(c(=O)[nH]2)CN(Cc2csc(C)c2)CC3)CC1. The van der Waals surface area contributed by atoms with Crippen molar-refractivity contribution in [2.24, 2.45) is 5.92 Å². The lowest BCUT2D eigenvalue weighted by Gasteiger charge is -2.34. The van der Waals surface area contributed by atoms with Gasteiger partial charge in [-0.25, -0.2) is 4.98 Å². The van der Waals surface area contributed by atoms with E-state index in [1.165, 1.54) is 10.4 Å². The number of likely N-dealkylation sites (tertiary alicyclic amines) is 1. The Balaban J connectivity index is 1.40. The maximum absolute atomic E-state index is 12.9. The molecule has 0 radical (unpaired) electrons. The summed E-state index contributed by atoms with van der Waals surface area (Å²) in [5, 5.41) is 2.21. The fourth-order valence-corrected chi connectivity index (χ4v) is 5.64. The summed E-state index contributed by atoms with van der Waals surface area (Å²) in [6, 6.07) is 2.23. The Bertz CT molecular complexity index is 970. The summed E-state index contributed by atoms with van der Waals surface area (Å²) in [7, 11) is 0. The van der Waals surface area contributed by atoms with Gasteiger partial charge in [0.1, 0.15) is 5.82 Å². The molecule has 7 heteroatoms. The maximum Gasteiger partial charge on any atom is 0.255 e. The Morgan fingerprint density at radius 1 is 1.26 bits per heavy atom. The lowest BCUT2D eigenvalue weighted by atomic mass is 9.93. The number of hydrogen-bond acceptors (Lipinski definition) is 5. The molecule has 6 nitrogen and oxygen atoms in total. The van der Waals surface area contributed by atoms with Crippen molar-refractivity contribution in [3.05, 3.63) is 49.3 Å². The zero-order chi connectivity index (χ0) is 22.0. The van der Waals surface area contributed by atoms with E-state index >= 15 is 0 Å². The van der Waals surface area contributed by atoms with Crippen molar-refractivity contribution in [3.8, 4) is 0 Å². The summed E-state index contributed by atoms with van der Waals surface area (Å²) in [6.45, 7) is 10.3. The van der Waals surface area contributed by atoms with Crippen LogP contribution in [-0.2, 0) is 24.3 Å². The minimum absolute atomic E-state index is 0.0155. The number of aryl methyl sites for hydroxylation is 1. The van der Waals surface area contributed by atoms with Crippen LogP contribution >= 0.6 is 11.3 Å². The molecule has 2 aliphatic rings. The first kappa shape index (κ1) is 22.2. The minimum Gasteiger partial charge on any atom is -0.342 e. The molecule has 4 heterocycles. The molecule has 0 bridgehead atoms. The van der Waals surface area contributed by atoms with E-state index in [4.69, 9.17) is 4.98 Å². The molecule has 31 heavy (non-hydrogen) atoms. The standard InChI is InChI=1S/C24H34N4O2S/c1-4-18(5-2)24(30)28-10-6-19(7-11-28)22-25-21-8-9-27(14-20(21)23(29)26-22)13-17-12-16(3)31-15-17/h12,15,18-19H,4-11,13-14H2,1-3H3,(H,25,26,29). The maximum atomic E-state index is 12.9. The molecule has 1 fully saturated rings. The molecule has 1 amide bonds. The number of amides is 1. The van der Waals surface area contributed by atoms with Crippen molar-refractivity contribution in [2.45, 2.75) is 71.9 Å². The van der Waals surface area contributed by atoms with Crippen molar-refractivity contribution in [3.63, 3.8) is 0 Å². The highest BCUT2D eigenvalue weighted by Crippen LogP contribution is 2.28. The average molecular weight is 443 g/mol. The highest BCUT2D eigenvalue weighted by molar-refractivity contribution is 7.10. The van der Waals surface area contributed by atoms with Gasteiger partial charge in [-0.15, -0.1) is 11.3 Å². The minimum atomic E-state index is 0.0155. The van der Waals surface area contributed by atoms with Gasteiger partial charge in [0.2, 0.25) is 5.91 Å². The predicted molar refractivity (Wildman–Crippen MR) is 124 cm³/mol. The van der Waals surface area contributed by atoms with Crippen molar-refractivity contribution in [1.29, 1.82) is 0 Å². The zero-order valence-corrected chi connectivity index (χ0v) is 19.8. The molecule has 1 saturated heterocycles. The Labute approximate surface area is 188 Å². The number of rotatable bonds is 6. The Hall–Kier alpha value is -1.99. The molecule has 0 atom stereocenters. The molecule has 2 aliphatic heterocycles. The van der Waals surface area contributed by atoms with Crippen LogP contribution in [0.4, 0.5) is 0 Å². The summed E-state index contributed by atoms with van der Waals surface area (Å²) < 4.78 is 0. The first-order valence-corrected chi connectivity index (χ1v) is 12.5. The van der Waals surface area contributed by atoms with E-state index in [0.29, 0.717) is 6.54 Å². The molecule has 0 spiro atoms. The highest BCUT2D eigenvalue weighted by Gasteiger charge is 2.29. The van der Waals surface area contributed by atoms with Gasteiger partial charge < -0.3 is 9.88 Å². The van der Waals surface area contributed by atoms with Gasteiger partial charge >= 0.3 is 0 Å². The quantitative estimate of drug-likeness (QED) is 0.738. The number of nitrogens with one attached hydrogen (secondary N) is 1. The van der Waals surface area contributed by atoms with Gasteiger partial charge in [0, 0.05) is 55.9 Å². The summed E-state index contributed by atoms with van der Waals surface area (Å²) in [6.07, 6.45) is 4.37. The molecular weight excluding hydrogens is 408 g/mol. The molecule has 0 aliphatic carbocycles. The first-order chi connectivity index (χ1) is 15.0. The molecular formula is C24H34N4O2S. The number of piperidine rings is 1. The second-order valence-electron chi connectivity index (χ2n) is 9.02. The third-order valence-electron chi connectivity index (χ3n) is 6.89. The van der Waals surface area contributed by atoms with Crippen LogP contribution in [0.5, 0.6) is 0 Å². The lowest BCUT2D eigenvalue weighted by molar-refractivity contribution is -0.136. The molecule has 1 N–H and O–H groups in total. The molecule has 2 aromatic rings. The number of thiophene rings is 1. The topological polar surface area (TPSA) is 69.3 Å². The van der Waals surface area contributed by atoms with E-state index in [9.17, 15) is 9.59 Å². The van der Waals surface area contributed by atoms with Gasteiger partial charge in [-0.2, -0.15) is 0 Å². The number of fused-ring (bicyclic) bond motifs is 1. The van der Waals surface area contributed by atoms with E-state index in [-0.39, 0.29) is 23.3 Å². The van der Waals surface area contributed by atoms with Crippen LogP contribution in [0.1, 0.15) is 73.0 Å². The van der Waals surface area contributed by atoms with Crippen LogP contribution in [0.3, 0.4) is 0 Å². The molecule has 4 rings (SSSR count). The number of nitrogens with zero attached hydrogens (tertiary/aromatic N) is 3. The number of H-pyrrole nitrogens is 1. The summed E-state index contributed by atoms with van der Waals surface area (Å²) in [4.78, 5) is 39.2. The molecule has 0 saturated carbocycles. The van der Waals surface area contributed by atoms with E-state index < -0.39 is 0 Å². The second kappa shape index (κ2) is 9.65. The van der Waals surface area contributed by atoms with Crippen molar-refractivity contribution >= 4 is 17.2 Å². The van der Waals surface area contributed by atoms with Crippen LogP contribution in [0, 0.1) is 12.8 Å². The van der Waals surface area contributed by atoms with Crippen LogP contribution in [0.15, 0.2) is 16.2 Å². The van der Waals surface area contributed by atoms with E-state index in [1.807, 2.05) is 4.90 Å². The van der Waals surface area contributed by atoms with E-state index in [0.717, 1.165) is 75.4 Å². The second-order valence-corrected chi connectivity index (χ2v) is 10.1. The Morgan fingerprint density at radius 3 is 2.65 bits per heavy atom. The van der Waals surface area contributed by atoms with Gasteiger partial charge in [0.05, 0.1) is 11.3 Å². The number of aromatic amines is 1. The summed E-state index contributed by atoms with van der Waals surface area (Å²) >= 11 is 1.77. The number of carbonyl (C=O) groups is 1. The third kappa shape index (κ3) is 4.93. The summed E-state index contributed by atoms with van der Waals surface area (Å²) in [5.41, 5.74) is 3.12. The summed E-state index contributed by atoms with van der Waals surface area (Å²) in [5.74, 6) is 1.48. The van der Waals surface area contributed by atoms with Gasteiger partial charge in [-0.1, -0.05) is 13.8 Å². The average Bonchev–Trinajstić information content (AvgIpc) is 3.19. The van der Waals surface area contributed by atoms with Crippen molar-refractivity contribution in [2.75, 3.05) is 19.6 Å². The van der Waals surface area contributed by atoms with Crippen LogP contribution in [0.25, 0.3) is 0 Å². The van der Waals surface area contributed by atoms with Crippen molar-refractivity contribution in [1.82, 2.24) is 19.8 Å². The molecule has 168 valence electrons. The molecule has 0 aromatic carbocycles. The normalized spacial score (nSPS) is 17.9. The van der Waals surface area contributed by atoms with Crippen molar-refractivity contribution < 1.29 is 4.79 Å². The van der Waals surface area contributed by atoms with E-state index in [1.54, 1.807) is 11.3 Å². The largest absolute Gasteiger partial charge is 0.342 e. The van der Waals surface area contributed by atoms with E-state index in [2.05, 4.69) is 42.1 Å².